The number of likely N-dealkylation sites (tertiary alicyclic amines) is 1. The number of halogens is 1. The van der Waals surface area contributed by atoms with E-state index in [0.717, 1.165) is 38.0 Å². The SMILES string of the molecule is Cc1ccc(CN2CCC(c3cc4c(cc3F)C(=O)N(C3CCC(=O)NC3=O)C4)CC2)cc1. The Bertz CT molecular complexity index is 1110. The fourth-order valence-electron chi connectivity index (χ4n) is 5.27. The summed E-state index contributed by atoms with van der Waals surface area (Å²) in [5, 5.41) is 2.30. The van der Waals surface area contributed by atoms with Gasteiger partial charge in [0.2, 0.25) is 11.8 Å². The Kier molecular flexibility index (Phi) is 5.74. The molecule has 0 aromatic heterocycles. The molecule has 0 radical (unpaired) electrons. The Morgan fingerprint density at radius 2 is 1.76 bits per heavy atom. The molecule has 1 unspecified atom stereocenters. The van der Waals surface area contributed by atoms with Gasteiger partial charge in [0.15, 0.2) is 0 Å². The van der Waals surface area contributed by atoms with Gasteiger partial charge in [-0.1, -0.05) is 35.9 Å². The lowest BCUT2D eigenvalue weighted by atomic mass is 9.87. The molecular formula is C26H28FN3O3. The van der Waals surface area contributed by atoms with Crippen LogP contribution >= 0.6 is 0 Å². The number of nitrogens with one attached hydrogen (secondary N) is 1. The second-order valence-corrected chi connectivity index (χ2v) is 9.47. The maximum atomic E-state index is 15.1. The maximum absolute atomic E-state index is 15.1. The van der Waals surface area contributed by atoms with E-state index in [4.69, 9.17) is 0 Å². The van der Waals surface area contributed by atoms with E-state index in [1.807, 2.05) is 6.07 Å². The molecular weight excluding hydrogens is 421 g/mol. The van der Waals surface area contributed by atoms with Crippen LogP contribution in [0.25, 0.3) is 0 Å². The predicted octanol–water partition coefficient (Wildman–Crippen LogP) is 3.27. The van der Waals surface area contributed by atoms with Crippen molar-refractivity contribution in [3.8, 4) is 0 Å². The van der Waals surface area contributed by atoms with Crippen molar-refractivity contribution in [1.29, 1.82) is 0 Å². The highest BCUT2D eigenvalue weighted by molar-refractivity contribution is 6.05. The Morgan fingerprint density at radius 1 is 1.03 bits per heavy atom. The molecule has 172 valence electrons. The van der Waals surface area contributed by atoms with Gasteiger partial charge < -0.3 is 4.90 Å². The third-order valence-corrected chi connectivity index (χ3v) is 7.19. The number of rotatable bonds is 4. The number of imide groups is 1. The highest BCUT2D eigenvalue weighted by Gasteiger charge is 2.40. The van der Waals surface area contributed by atoms with Crippen molar-refractivity contribution in [3.05, 3.63) is 70.0 Å². The van der Waals surface area contributed by atoms with Crippen LogP contribution in [0.3, 0.4) is 0 Å². The van der Waals surface area contributed by atoms with Gasteiger partial charge in [-0.25, -0.2) is 4.39 Å². The van der Waals surface area contributed by atoms with E-state index in [-0.39, 0.29) is 36.5 Å². The minimum atomic E-state index is -0.681. The number of piperidine rings is 2. The largest absolute Gasteiger partial charge is 0.322 e. The second-order valence-electron chi connectivity index (χ2n) is 9.47. The van der Waals surface area contributed by atoms with Gasteiger partial charge in [-0.2, -0.15) is 0 Å². The summed E-state index contributed by atoms with van der Waals surface area (Å²) in [4.78, 5) is 40.5. The molecule has 2 saturated heterocycles. The molecule has 3 aliphatic heterocycles. The minimum absolute atomic E-state index is 0.115. The average Bonchev–Trinajstić information content (AvgIpc) is 3.11. The van der Waals surface area contributed by atoms with Crippen LogP contribution in [0.4, 0.5) is 4.39 Å². The number of benzene rings is 2. The van der Waals surface area contributed by atoms with Crippen LogP contribution < -0.4 is 5.32 Å². The first-order valence-electron chi connectivity index (χ1n) is 11.6. The Labute approximate surface area is 192 Å². The van der Waals surface area contributed by atoms with Crippen LogP contribution in [-0.2, 0) is 22.7 Å². The van der Waals surface area contributed by atoms with E-state index in [1.165, 1.54) is 22.1 Å². The monoisotopic (exact) mass is 449 g/mol. The third kappa shape index (κ3) is 4.29. The van der Waals surface area contributed by atoms with E-state index >= 15 is 4.39 Å². The van der Waals surface area contributed by atoms with Crippen molar-refractivity contribution in [2.24, 2.45) is 0 Å². The fourth-order valence-corrected chi connectivity index (χ4v) is 5.27. The van der Waals surface area contributed by atoms with E-state index in [9.17, 15) is 14.4 Å². The highest BCUT2D eigenvalue weighted by Crippen LogP contribution is 2.35. The summed E-state index contributed by atoms with van der Waals surface area (Å²) >= 11 is 0. The minimum Gasteiger partial charge on any atom is -0.322 e. The number of carbonyl (C=O) groups excluding carboxylic acids is 3. The van der Waals surface area contributed by atoms with Crippen LogP contribution in [-0.4, -0.2) is 46.7 Å². The van der Waals surface area contributed by atoms with Gasteiger partial charge in [-0.05, 0) is 68.0 Å². The van der Waals surface area contributed by atoms with Gasteiger partial charge >= 0.3 is 0 Å². The van der Waals surface area contributed by atoms with Crippen LogP contribution in [0.2, 0.25) is 0 Å². The van der Waals surface area contributed by atoms with E-state index in [0.29, 0.717) is 17.5 Å². The second kappa shape index (κ2) is 8.71. The topological polar surface area (TPSA) is 69.7 Å². The molecule has 7 heteroatoms. The summed E-state index contributed by atoms with van der Waals surface area (Å²) in [6.45, 7) is 5.06. The fraction of sp³-hybridized carbons (Fsp3) is 0.423. The van der Waals surface area contributed by atoms with Crippen LogP contribution in [0, 0.1) is 12.7 Å². The zero-order valence-electron chi connectivity index (χ0n) is 18.8. The molecule has 0 bridgehead atoms. The van der Waals surface area contributed by atoms with Crippen molar-refractivity contribution in [3.63, 3.8) is 0 Å². The summed E-state index contributed by atoms with van der Waals surface area (Å²) in [7, 11) is 0. The lowest BCUT2D eigenvalue weighted by molar-refractivity contribution is -0.136. The smallest absolute Gasteiger partial charge is 0.255 e. The predicted molar refractivity (Wildman–Crippen MR) is 121 cm³/mol. The first-order valence-corrected chi connectivity index (χ1v) is 11.6. The lowest BCUT2D eigenvalue weighted by Gasteiger charge is -2.32. The molecule has 3 heterocycles. The first kappa shape index (κ1) is 21.8. The number of fused-ring (bicyclic) bond motifs is 1. The number of nitrogens with zero attached hydrogens (tertiary/aromatic N) is 2. The molecule has 2 aromatic carbocycles. The lowest BCUT2D eigenvalue weighted by Crippen LogP contribution is -2.52. The average molecular weight is 450 g/mol. The number of amides is 3. The molecule has 2 aromatic rings. The maximum Gasteiger partial charge on any atom is 0.255 e. The molecule has 33 heavy (non-hydrogen) atoms. The van der Waals surface area contributed by atoms with Gasteiger partial charge in [0.1, 0.15) is 11.9 Å². The molecule has 0 aliphatic carbocycles. The quantitative estimate of drug-likeness (QED) is 0.728. The highest BCUT2D eigenvalue weighted by atomic mass is 19.1. The van der Waals surface area contributed by atoms with Crippen LogP contribution in [0.1, 0.15) is 64.2 Å². The summed E-state index contributed by atoms with van der Waals surface area (Å²) in [6.07, 6.45) is 2.25. The molecule has 1 atom stereocenters. The van der Waals surface area contributed by atoms with Gasteiger partial charge in [-0.15, -0.1) is 0 Å². The summed E-state index contributed by atoms with van der Waals surface area (Å²) in [5.41, 5.74) is 4.30. The molecule has 6 nitrogen and oxygen atoms in total. The Morgan fingerprint density at radius 3 is 2.45 bits per heavy atom. The number of aryl methyl sites for hydroxylation is 1. The first-order chi connectivity index (χ1) is 15.9. The normalized spacial score (nSPS) is 21.9. The molecule has 3 aliphatic rings. The van der Waals surface area contributed by atoms with Crippen molar-refractivity contribution in [2.45, 2.75) is 57.7 Å². The standard InChI is InChI=1S/C26H28FN3O3/c1-16-2-4-17(5-3-16)14-29-10-8-18(9-11-29)20-12-19-15-30(26(33)21(19)13-22(20)27)23-6-7-24(31)28-25(23)32/h2-5,12-13,18,23H,6-11,14-15H2,1H3,(H,28,31,32). The Balaban J connectivity index is 1.26. The van der Waals surface area contributed by atoms with Gasteiger partial charge in [0.05, 0.1) is 0 Å². The molecule has 0 spiro atoms. The zero-order valence-corrected chi connectivity index (χ0v) is 18.8. The molecule has 0 saturated carbocycles. The van der Waals surface area contributed by atoms with Gasteiger partial charge in [0.25, 0.3) is 5.91 Å². The number of hydrogen-bond acceptors (Lipinski definition) is 4. The zero-order chi connectivity index (χ0) is 23.1. The molecule has 2 fully saturated rings. The van der Waals surface area contributed by atoms with Gasteiger partial charge in [0, 0.05) is 25.1 Å². The van der Waals surface area contributed by atoms with Crippen LogP contribution in [0.5, 0.6) is 0 Å². The summed E-state index contributed by atoms with van der Waals surface area (Å²) < 4.78 is 15.1. The van der Waals surface area contributed by atoms with Crippen molar-refractivity contribution < 1.29 is 18.8 Å². The van der Waals surface area contributed by atoms with Crippen LogP contribution in [0.15, 0.2) is 36.4 Å². The molecule has 1 N–H and O–H groups in total. The van der Waals surface area contributed by atoms with Crippen molar-refractivity contribution >= 4 is 17.7 Å². The number of carbonyl (C=O) groups is 3. The van der Waals surface area contributed by atoms with Crippen molar-refractivity contribution in [2.75, 3.05) is 13.1 Å². The van der Waals surface area contributed by atoms with E-state index < -0.39 is 11.9 Å². The van der Waals surface area contributed by atoms with Gasteiger partial charge in [-0.3, -0.25) is 24.6 Å². The van der Waals surface area contributed by atoms with E-state index in [1.54, 1.807) is 0 Å². The summed E-state index contributed by atoms with van der Waals surface area (Å²) in [6, 6.07) is 11.1. The number of hydrogen-bond donors (Lipinski definition) is 1. The van der Waals surface area contributed by atoms with E-state index in [2.05, 4.69) is 41.4 Å². The van der Waals surface area contributed by atoms with Crippen molar-refractivity contribution in [1.82, 2.24) is 15.1 Å². The molecule has 5 rings (SSSR count). The molecule has 3 amide bonds. The third-order valence-electron chi connectivity index (χ3n) is 7.19. The Hall–Kier alpha value is -3.06. The summed E-state index contributed by atoms with van der Waals surface area (Å²) in [5.74, 6) is -1.33.